The van der Waals surface area contributed by atoms with E-state index in [0.717, 1.165) is 31.7 Å². The second-order valence-electron chi connectivity index (χ2n) is 7.47. The molecular formula is C24H36N4O. The molecule has 5 heteroatoms. The second kappa shape index (κ2) is 11.6. The summed E-state index contributed by atoms with van der Waals surface area (Å²) >= 11 is 0. The Morgan fingerprint density at radius 2 is 1.55 bits per heavy atom. The molecule has 0 amide bonds. The smallest absolute Gasteiger partial charge is 0.191 e. The van der Waals surface area contributed by atoms with E-state index in [9.17, 15) is 5.11 Å². The zero-order valence-electron chi connectivity index (χ0n) is 18.3. The van der Waals surface area contributed by atoms with Crippen LogP contribution in [0.1, 0.15) is 44.4 Å². The van der Waals surface area contributed by atoms with Crippen molar-refractivity contribution in [3.05, 3.63) is 71.3 Å². The molecule has 2 rings (SSSR count). The van der Waals surface area contributed by atoms with Crippen LogP contribution in [0.4, 0.5) is 0 Å². The van der Waals surface area contributed by atoms with Crippen molar-refractivity contribution in [2.24, 2.45) is 4.99 Å². The highest BCUT2D eigenvalue weighted by atomic mass is 16.3. The van der Waals surface area contributed by atoms with E-state index in [4.69, 9.17) is 0 Å². The summed E-state index contributed by atoms with van der Waals surface area (Å²) < 4.78 is 0. The Morgan fingerprint density at radius 1 is 0.931 bits per heavy atom. The van der Waals surface area contributed by atoms with E-state index < -0.39 is 5.60 Å². The summed E-state index contributed by atoms with van der Waals surface area (Å²) in [5.41, 5.74) is 2.40. The van der Waals surface area contributed by atoms with Gasteiger partial charge in [-0.3, -0.25) is 4.90 Å². The summed E-state index contributed by atoms with van der Waals surface area (Å²) in [5.74, 6) is 0.705. The van der Waals surface area contributed by atoms with Gasteiger partial charge in [0.25, 0.3) is 0 Å². The molecule has 158 valence electrons. The minimum atomic E-state index is -0.969. The van der Waals surface area contributed by atoms with Crippen molar-refractivity contribution in [3.8, 4) is 0 Å². The highest BCUT2D eigenvalue weighted by Gasteiger charge is 2.22. The first kappa shape index (κ1) is 22.9. The van der Waals surface area contributed by atoms with Gasteiger partial charge in [-0.15, -0.1) is 0 Å². The number of aliphatic imine (C=N–C) groups is 1. The van der Waals surface area contributed by atoms with E-state index in [1.54, 1.807) is 0 Å². The van der Waals surface area contributed by atoms with Crippen molar-refractivity contribution in [1.29, 1.82) is 0 Å². The van der Waals surface area contributed by atoms with Crippen LogP contribution in [0.15, 0.2) is 59.6 Å². The molecule has 5 nitrogen and oxygen atoms in total. The van der Waals surface area contributed by atoms with Gasteiger partial charge in [0.15, 0.2) is 5.96 Å². The fraction of sp³-hybridized carbons (Fsp3) is 0.458. The van der Waals surface area contributed by atoms with Crippen LogP contribution in [0.5, 0.6) is 0 Å². The molecule has 0 saturated carbocycles. The lowest BCUT2D eigenvalue weighted by molar-refractivity contribution is 0.0617. The summed E-state index contributed by atoms with van der Waals surface area (Å²) in [6, 6.07) is 18.4. The maximum atomic E-state index is 10.8. The average molecular weight is 397 g/mol. The molecule has 0 saturated heterocycles. The number of benzene rings is 2. The van der Waals surface area contributed by atoms with Gasteiger partial charge in [-0.2, -0.15) is 0 Å². The first-order chi connectivity index (χ1) is 14.0. The van der Waals surface area contributed by atoms with Crippen molar-refractivity contribution in [2.75, 3.05) is 26.2 Å². The van der Waals surface area contributed by atoms with Crippen molar-refractivity contribution < 1.29 is 5.11 Å². The maximum absolute atomic E-state index is 10.8. The third-order valence-electron chi connectivity index (χ3n) is 5.08. The van der Waals surface area contributed by atoms with Crippen LogP contribution in [0.25, 0.3) is 0 Å². The Kier molecular flexibility index (Phi) is 9.16. The summed E-state index contributed by atoms with van der Waals surface area (Å²) in [6.45, 7) is 13.1. The number of nitrogens with one attached hydrogen (secondary N) is 2. The van der Waals surface area contributed by atoms with Crippen LogP contribution in [0.3, 0.4) is 0 Å². The second-order valence-corrected chi connectivity index (χ2v) is 7.47. The van der Waals surface area contributed by atoms with Gasteiger partial charge in [0.05, 0.1) is 13.1 Å². The third-order valence-corrected chi connectivity index (χ3v) is 5.08. The van der Waals surface area contributed by atoms with Crippen LogP contribution in [-0.2, 0) is 18.7 Å². The summed E-state index contributed by atoms with van der Waals surface area (Å²) in [4.78, 5) is 7.08. The van der Waals surface area contributed by atoms with Crippen LogP contribution >= 0.6 is 0 Å². The number of hydrogen-bond acceptors (Lipinski definition) is 3. The highest BCUT2D eigenvalue weighted by Crippen LogP contribution is 2.18. The van der Waals surface area contributed by atoms with Gasteiger partial charge in [-0.1, -0.05) is 68.4 Å². The lowest BCUT2D eigenvalue weighted by Crippen LogP contribution is -2.44. The fourth-order valence-corrected chi connectivity index (χ4v) is 3.12. The molecule has 0 radical (unpaired) electrons. The molecule has 1 unspecified atom stereocenters. The first-order valence-electron chi connectivity index (χ1n) is 10.6. The summed E-state index contributed by atoms with van der Waals surface area (Å²) in [7, 11) is 0. The van der Waals surface area contributed by atoms with Crippen LogP contribution in [0, 0.1) is 0 Å². The SMILES string of the molecule is CCNC(=NCc1ccc(CN(CC)CC)cc1)NCC(C)(O)c1ccccc1. The van der Waals surface area contributed by atoms with E-state index in [0.29, 0.717) is 19.0 Å². The van der Waals surface area contributed by atoms with E-state index in [1.165, 1.54) is 11.1 Å². The predicted molar refractivity (Wildman–Crippen MR) is 122 cm³/mol. The van der Waals surface area contributed by atoms with Gasteiger partial charge >= 0.3 is 0 Å². The third kappa shape index (κ3) is 7.52. The Labute approximate surface area is 175 Å². The molecule has 0 fully saturated rings. The van der Waals surface area contributed by atoms with Crippen LogP contribution in [0.2, 0.25) is 0 Å². The molecule has 0 aliphatic rings. The van der Waals surface area contributed by atoms with E-state index in [2.05, 4.69) is 58.6 Å². The van der Waals surface area contributed by atoms with E-state index >= 15 is 0 Å². The van der Waals surface area contributed by atoms with E-state index in [-0.39, 0.29) is 0 Å². The van der Waals surface area contributed by atoms with Gasteiger partial charge in [0.1, 0.15) is 5.60 Å². The number of hydrogen-bond donors (Lipinski definition) is 3. The molecule has 0 heterocycles. The lowest BCUT2D eigenvalue weighted by atomic mass is 9.96. The Hall–Kier alpha value is -2.37. The highest BCUT2D eigenvalue weighted by molar-refractivity contribution is 5.79. The van der Waals surface area contributed by atoms with Gasteiger partial charge in [0.2, 0.25) is 0 Å². The van der Waals surface area contributed by atoms with E-state index in [1.807, 2.05) is 44.2 Å². The summed E-state index contributed by atoms with van der Waals surface area (Å²) in [6.07, 6.45) is 0. The minimum absolute atomic E-state index is 0.381. The van der Waals surface area contributed by atoms with Crippen LogP contribution < -0.4 is 10.6 Å². The topological polar surface area (TPSA) is 59.9 Å². The Bertz CT molecular complexity index is 737. The lowest BCUT2D eigenvalue weighted by Gasteiger charge is -2.25. The standard InChI is InChI=1S/C24H36N4O/c1-5-25-23(27-19-24(4,29)22-11-9-8-10-12-22)26-17-20-13-15-21(16-14-20)18-28(6-2)7-3/h8-16,29H,5-7,17-19H2,1-4H3,(H2,25,26,27). The molecule has 0 spiro atoms. The van der Waals surface area contributed by atoms with Gasteiger partial charge < -0.3 is 15.7 Å². The Balaban J connectivity index is 1.96. The number of guanidine groups is 1. The minimum Gasteiger partial charge on any atom is -0.384 e. The van der Waals surface area contributed by atoms with Gasteiger partial charge in [-0.05, 0) is 43.6 Å². The monoisotopic (exact) mass is 396 g/mol. The summed E-state index contributed by atoms with van der Waals surface area (Å²) in [5, 5.41) is 17.3. The molecule has 0 aliphatic heterocycles. The van der Waals surface area contributed by atoms with Crippen molar-refractivity contribution in [1.82, 2.24) is 15.5 Å². The largest absolute Gasteiger partial charge is 0.384 e. The number of aliphatic hydroxyl groups is 1. The quantitative estimate of drug-likeness (QED) is 0.425. The van der Waals surface area contributed by atoms with Gasteiger partial charge in [-0.25, -0.2) is 4.99 Å². The van der Waals surface area contributed by atoms with Crippen molar-refractivity contribution in [3.63, 3.8) is 0 Å². The molecule has 2 aromatic carbocycles. The van der Waals surface area contributed by atoms with Crippen LogP contribution in [-0.4, -0.2) is 42.1 Å². The van der Waals surface area contributed by atoms with Crippen molar-refractivity contribution in [2.45, 2.75) is 46.4 Å². The zero-order valence-corrected chi connectivity index (χ0v) is 18.3. The number of nitrogens with zero attached hydrogens (tertiary/aromatic N) is 2. The maximum Gasteiger partial charge on any atom is 0.191 e. The number of rotatable bonds is 10. The molecule has 2 aromatic rings. The molecule has 29 heavy (non-hydrogen) atoms. The van der Waals surface area contributed by atoms with Gasteiger partial charge in [0, 0.05) is 13.1 Å². The molecular weight excluding hydrogens is 360 g/mol. The normalized spacial score (nSPS) is 13.9. The van der Waals surface area contributed by atoms with Crippen molar-refractivity contribution >= 4 is 5.96 Å². The molecule has 3 N–H and O–H groups in total. The predicted octanol–water partition coefficient (Wildman–Crippen LogP) is 3.49. The Morgan fingerprint density at radius 3 is 2.14 bits per heavy atom. The zero-order chi connectivity index (χ0) is 21.1. The first-order valence-corrected chi connectivity index (χ1v) is 10.6. The molecule has 1 atom stereocenters. The fourth-order valence-electron chi connectivity index (χ4n) is 3.12. The molecule has 0 aromatic heterocycles. The average Bonchev–Trinajstić information content (AvgIpc) is 2.75. The molecule has 0 aliphatic carbocycles. The molecule has 0 bridgehead atoms.